The molecular weight excluding hydrogens is 664 g/mol. The largest absolute Gasteiger partial charge is 0.493 e. The number of rotatable bonds is 13. The van der Waals surface area contributed by atoms with Gasteiger partial charge in [-0.3, -0.25) is 0 Å². The first-order chi connectivity index (χ1) is 25.0. The Balaban J connectivity index is 1.19. The van der Waals surface area contributed by atoms with Gasteiger partial charge >= 0.3 is 0 Å². The van der Waals surface area contributed by atoms with Gasteiger partial charge in [0, 0.05) is 17.0 Å². The van der Waals surface area contributed by atoms with Crippen molar-refractivity contribution in [2.45, 2.75) is 62.4 Å². The molecule has 7 nitrogen and oxygen atoms in total. The summed E-state index contributed by atoms with van der Waals surface area (Å²) < 4.78 is 40.0. The fourth-order valence-electron chi connectivity index (χ4n) is 7.43. The normalized spacial score (nSPS) is 25.0. The summed E-state index contributed by atoms with van der Waals surface area (Å²) in [6, 6.07) is 42.1. The number of fused-ring (bicyclic) bond motifs is 3. The van der Waals surface area contributed by atoms with Gasteiger partial charge in [-0.2, -0.15) is 0 Å². The van der Waals surface area contributed by atoms with Crippen molar-refractivity contribution in [3.05, 3.63) is 171 Å². The number of benzene rings is 5. The zero-order chi connectivity index (χ0) is 34.7. The fraction of sp³-hybridized carbons (Fsp3) is 0.302. The van der Waals surface area contributed by atoms with E-state index in [2.05, 4.69) is 12.1 Å². The smallest absolute Gasteiger partial charge is 0.225 e. The van der Waals surface area contributed by atoms with Crippen molar-refractivity contribution in [2.75, 3.05) is 19.8 Å². The molecular formula is C43H41ClO7. The third kappa shape index (κ3) is 6.96. The van der Waals surface area contributed by atoms with E-state index < -0.39 is 29.7 Å². The molecule has 0 saturated carbocycles. The molecule has 2 fully saturated rings. The number of ether oxygens (including phenoxy) is 6. The Labute approximate surface area is 303 Å². The van der Waals surface area contributed by atoms with E-state index in [1.54, 1.807) is 0 Å². The third-order valence-corrected chi connectivity index (χ3v) is 10.4. The molecule has 3 aliphatic rings. The Morgan fingerprint density at radius 1 is 0.686 bits per heavy atom. The van der Waals surface area contributed by atoms with E-state index in [1.165, 1.54) is 5.56 Å². The number of aliphatic hydroxyl groups excluding tert-OH is 1. The summed E-state index contributed by atoms with van der Waals surface area (Å²) in [6.45, 7) is 1.29. The van der Waals surface area contributed by atoms with Crippen molar-refractivity contribution in [1.82, 2.24) is 0 Å². The lowest BCUT2D eigenvalue weighted by molar-refractivity contribution is -0.353. The van der Waals surface area contributed by atoms with Gasteiger partial charge in [0.15, 0.2) is 0 Å². The number of aliphatic hydroxyl groups is 1. The maximum absolute atomic E-state index is 11.2. The summed E-state index contributed by atoms with van der Waals surface area (Å²) >= 11 is 6.88. The van der Waals surface area contributed by atoms with Crippen LogP contribution in [0.3, 0.4) is 0 Å². The van der Waals surface area contributed by atoms with Crippen LogP contribution in [0.25, 0.3) is 0 Å². The number of hydrogen-bond acceptors (Lipinski definition) is 7. The number of hydrogen-bond donors (Lipinski definition) is 1. The van der Waals surface area contributed by atoms with Crippen LogP contribution >= 0.6 is 11.6 Å². The van der Waals surface area contributed by atoms with Crippen LogP contribution in [0.5, 0.6) is 5.75 Å². The molecule has 5 aromatic carbocycles. The Kier molecular flexibility index (Phi) is 9.95. The molecule has 2 saturated heterocycles. The van der Waals surface area contributed by atoms with Crippen LogP contribution < -0.4 is 4.74 Å². The Morgan fingerprint density at radius 2 is 1.31 bits per heavy atom. The summed E-state index contributed by atoms with van der Waals surface area (Å²) in [5.41, 5.74) is 5.74. The molecule has 51 heavy (non-hydrogen) atoms. The minimum Gasteiger partial charge on any atom is -0.493 e. The van der Waals surface area contributed by atoms with E-state index in [0.29, 0.717) is 24.7 Å². The van der Waals surface area contributed by atoms with Gasteiger partial charge in [0.25, 0.3) is 0 Å². The highest BCUT2D eigenvalue weighted by atomic mass is 35.5. The second-order valence-electron chi connectivity index (χ2n) is 13.5. The van der Waals surface area contributed by atoms with Gasteiger partial charge in [-0.25, -0.2) is 0 Å². The lowest BCUT2D eigenvalue weighted by Crippen LogP contribution is -2.67. The lowest BCUT2D eigenvalue weighted by atomic mass is 9.83. The molecule has 8 heteroatoms. The van der Waals surface area contributed by atoms with Gasteiger partial charge in [-0.15, -0.1) is 0 Å². The van der Waals surface area contributed by atoms with Crippen LogP contribution in [0.15, 0.2) is 127 Å². The average molecular weight is 705 g/mol. The summed E-state index contributed by atoms with van der Waals surface area (Å²) in [5, 5.41) is 11.8. The fourth-order valence-corrected chi connectivity index (χ4v) is 7.61. The summed E-state index contributed by atoms with van der Waals surface area (Å²) in [4.78, 5) is 0. The predicted molar refractivity (Wildman–Crippen MR) is 193 cm³/mol. The quantitative estimate of drug-likeness (QED) is 0.136. The molecule has 0 aliphatic carbocycles. The molecule has 0 radical (unpaired) electrons. The summed E-state index contributed by atoms with van der Waals surface area (Å²) in [7, 11) is 0. The topological polar surface area (TPSA) is 75.6 Å². The molecule has 262 valence electrons. The van der Waals surface area contributed by atoms with Gasteiger partial charge in [0.2, 0.25) is 5.79 Å². The van der Waals surface area contributed by atoms with Gasteiger partial charge in [0.05, 0.1) is 39.6 Å². The molecule has 0 aromatic heterocycles. The zero-order valence-electron chi connectivity index (χ0n) is 28.3. The van der Waals surface area contributed by atoms with E-state index >= 15 is 0 Å². The molecule has 1 N–H and O–H groups in total. The van der Waals surface area contributed by atoms with Gasteiger partial charge < -0.3 is 33.5 Å². The number of halogens is 1. The minimum atomic E-state index is -1.43. The Morgan fingerprint density at radius 3 is 1.96 bits per heavy atom. The molecule has 5 atom stereocenters. The molecule has 0 spiro atoms. The van der Waals surface area contributed by atoms with Crippen molar-refractivity contribution in [2.24, 2.45) is 0 Å². The summed E-state index contributed by atoms with van der Waals surface area (Å²) in [5.74, 6) is -0.492. The predicted octanol–water partition coefficient (Wildman–Crippen LogP) is 7.57. The Hall–Kier alpha value is -4.05. The van der Waals surface area contributed by atoms with Gasteiger partial charge in [-0.05, 0) is 58.0 Å². The molecule has 8 rings (SSSR count). The summed E-state index contributed by atoms with van der Waals surface area (Å²) in [6.07, 6.45) is -0.729. The van der Waals surface area contributed by atoms with Crippen LogP contribution in [0, 0.1) is 0 Å². The Bertz CT molecular complexity index is 1920. The third-order valence-electron chi connectivity index (χ3n) is 10.1. The van der Waals surface area contributed by atoms with E-state index in [9.17, 15) is 5.11 Å². The zero-order valence-corrected chi connectivity index (χ0v) is 29.0. The van der Waals surface area contributed by atoms with Crippen LogP contribution in [-0.2, 0) is 62.1 Å². The van der Waals surface area contributed by atoms with E-state index in [0.717, 1.165) is 45.6 Å². The molecule has 2 bridgehead atoms. The monoisotopic (exact) mass is 704 g/mol. The molecule has 0 amide bonds. The second kappa shape index (κ2) is 14.9. The highest BCUT2D eigenvalue weighted by molar-refractivity contribution is 6.31. The first-order valence-corrected chi connectivity index (χ1v) is 17.9. The van der Waals surface area contributed by atoms with Crippen molar-refractivity contribution in [1.29, 1.82) is 0 Å². The van der Waals surface area contributed by atoms with Crippen LogP contribution in [-0.4, -0.2) is 48.8 Å². The van der Waals surface area contributed by atoms with Gasteiger partial charge in [-0.1, -0.05) is 121 Å². The second-order valence-corrected chi connectivity index (χ2v) is 13.9. The van der Waals surface area contributed by atoms with Crippen molar-refractivity contribution in [3.63, 3.8) is 0 Å². The average Bonchev–Trinajstić information content (AvgIpc) is 3.80. The van der Waals surface area contributed by atoms with Crippen molar-refractivity contribution < 1.29 is 33.5 Å². The van der Waals surface area contributed by atoms with E-state index in [1.807, 2.05) is 115 Å². The molecule has 1 unspecified atom stereocenters. The molecule has 5 aromatic rings. The maximum Gasteiger partial charge on any atom is 0.225 e. The van der Waals surface area contributed by atoms with Gasteiger partial charge in [0.1, 0.15) is 29.7 Å². The maximum atomic E-state index is 11.2. The first-order valence-electron chi connectivity index (χ1n) is 17.5. The minimum absolute atomic E-state index is 0.0716. The van der Waals surface area contributed by atoms with Crippen molar-refractivity contribution in [3.8, 4) is 5.75 Å². The van der Waals surface area contributed by atoms with Crippen LogP contribution in [0.1, 0.15) is 38.9 Å². The standard InChI is InChI=1S/C43H41ClO7/c44-37-18-17-36(24-35(37)23-33-16-19-38-34(22-33)20-21-46-38)43-41(49-27-32-14-8-3-9-15-32)39(47-25-30-10-4-1-5-11-30)40(42(28-45,51-43)29-50-43)48-26-31-12-6-2-7-13-31/h1-19,22,24,39-41,45H,20-21,23,25-29H2/t39-,40-,41+,42+,43?/m0/s1. The molecule has 3 heterocycles. The first kappa shape index (κ1) is 34.1. The van der Waals surface area contributed by atoms with Crippen LogP contribution in [0.4, 0.5) is 0 Å². The van der Waals surface area contributed by atoms with Crippen LogP contribution in [0.2, 0.25) is 5.02 Å². The highest BCUT2D eigenvalue weighted by Gasteiger charge is 2.69. The highest BCUT2D eigenvalue weighted by Crippen LogP contribution is 2.53. The SMILES string of the molecule is OC[C@]12COC(c3ccc(Cl)c(Cc4ccc5c(c4)CCO5)c3)(O1)[C@H](OCc1ccccc1)[C@@H](OCc1ccccc1)[C@@H]2OCc1ccccc1. The van der Waals surface area contributed by atoms with Crippen molar-refractivity contribution >= 4 is 11.6 Å². The molecule has 3 aliphatic heterocycles. The van der Waals surface area contributed by atoms with E-state index in [4.69, 9.17) is 40.0 Å². The van der Waals surface area contributed by atoms with E-state index in [-0.39, 0.29) is 26.4 Å². The lowest BCUT2D eigenvalue weighted by Gasteiger charge is -2.50.